The summed E-state index contributed by atoms with van der Waals surface area (Å²) in [4.78, 5) is 0. The third kappa shape index (κ3) is 3.05. The molecule has 0 aliphatic rings. The van der Waals surface area contributed by atoms with Gasteiger partial charge in [0.2, 0.25) is 5.71 Å². The number of hydrazone groups is 1. The van der Waals surface area contributed by atoms with E-state index in [2.05, 4.69) is 42.4 Å². The minimum atomic E-state index is -0.224. The molecule has 0 atom stereocenters. The summed E-state index contributed by atoms with van der Waals surface area (Å²) in [5.41, 5.74) is 3.08. The lowest BCUT2D eigenvalue weighted by Gasteiger charge is -2.04. The molecule has 0 spiro atoms. The Balaban J connectivity index is 2.98. The maximum Gasteiger partial charge on any atom is 0.237 e. The van der Waals surface area contributed by atoms with E-state index in [1.807, 2.05) is 18.2 Å². The fraction of sp³-hybridized carbons (Fsp3) is 0. The van der Waals surface area contributed by atoms with E-state index in [1.54, 1.807) is 12.1 Å². The van der Waals surface area contributed by atoms with Crippen molar-refractivity contribution in [3.8, 4) is 12.1 Å². The predicted octanol–water partition coefficient (Wildman–Crippen LogP) is 3.03. The van der Waals surface area contributed by atoms with E-state index in [4.69, 9.17) is 10.5 Å². The molecule has 0 fully saturated rings. The number of nitriles is 2. The maximum atomic E-state index is 8.48. The monoisotopic (exact) mass is 326 g/mol. The Hall–Kier alpha value is -1.37. The van der Waals surface area contributed by atoms with E-state index in [-0.39, 0.29) is 5.71 Å². The molecule has 0 radical (unpaired) electrons. The topological polar surface area (TPSA) is 72.0 Å². The largest absolute Gasteiger partial charge is 0.274 e. The molecule has 0 unspecified atom stereocenters. The molecule has 0 bridgehead atoms. The van der Waals surface area contributed by atoms with Gasteiger partial charge < -0.3 is 0 Å². The number of benzene rings is 1. The normalized spacial score (nSPS) is 8.53. The zero-order chi connectivity index (χ0) is 11.3. The standard InChI is InChI=1S/C9H4Br2N4/c10-7-2-1-3-8(11)9(7)15-14-6(4-12)5-13/h1-3,15H. The van der Waals surface area contributed by atoms with Gasteiger partial charge in [-0.3, -0.25) is 5.43 Å². The molecule has 0 aliphatic carbocycles. The highest BCUT2D eigenvalue weighted by Gasteiger charge is 2.03. The van der Waals surface area contributed by atoms with Crippen LogP contribution in [0.15, 0.2) is 32.2 Å². The number of nitrogens with zero attached hydrogens (tertiary/aromatic N) is 3. The van der Waals surface area contributed by atoms with Crippen LogP contribution in [0.5, 0.6) is 0 Å². The fourth-order valence-electron chi connectivity index (χ4n) is 0.791. The van der Waals surface area contributed by atoms with Crippen molar-refractivity contribution < 1.29 is 0 Å². The van der Waals surface area contributed by atoms with Crippen LogP contribution in [0.4, 0.5) is 5.69 Å². The molecule has 74 valence electrons. The number of halogens is 2. The van der Waals surface area contributed by atoms with Gasteiger partial charge in [-0.15, -0.1) is 0 Å². The number of hydrogen-bond donors (Lipinski definition) is 1. The lowest BCUT2D eigenvalue weighted by Crippen LogP contribution is -1.97. The third-order valence-corrected chi connectivity index (χ3v) is 2.78. The highest BCUT2D eigenvalue weighted by atomic mass is 79.9. The van der Waals surface area contributed by atoms with Crippen molar-refractivity contribution in [2.75, 3.05) is 5.43 Å². The van der Waals surface area contributed by atoms with E-state index in [1.165, 1.54) is 0 Å². The van der Waals surface area contributed by atoms with Gasteiger partial charge >= 0.3 is 0 Å². The first kappa shape index (κ1) is 11.7. The minimum absolute atomic E-state index is 0.224. The van der Waals surface area contributed by atoms with Crippen molar-refractivity contribution in [3.05, 3.63) is 27.1 Å². The summed E-state index contributed by atoms with van der Waals surface area (Å²) in [7, 11) is 0. The van der Waals surface area contributed by atoms with Gasteiger partial charge in [0.15, 0.2) is 0 Å². The van der Waals surface area contributed by atoms with Crippen LogP contribution in [0, 0.1) is 22.7 Å². The molecule has 1 aromatic carbocycles. The second-order valence-electron chi connectivity index (χ2n) is 2.39. The molecular weight excluding hydrogens is 324 g/mol. The van der Waals surface area contributed by atoms with Crippen molar-refractivity contribution in [1.29, 1.82) is 10.5 Å². The maximum absolute atomic E-state index is 8.48. The third-order valence-electron chi connectivity index (χ3n) is 1.45. The van der Waals surface area contributed by atoms with Gasteiger partial charge in [-0.05, 0) is 44.0 Å². The number of anilines is 1. The first-order chi connectivity index (χ1) is 7.19. The first-order valence-electron chi connectivity index (χ1n) is 3.77. The Morgan fingerprint density at radius 3 is 2.20 bits per heavy atom. The Labute approximate surface area is 103 Å². The second kappa shape index (κ2) is 5.50. The van der Waals surface area contributed by atoms with Gasteiger partial charge in [0.1, 0.15) is 12.1 Å². The number of rotatable bonds is 2. The summed E-state index contributed by atoms with van der Waals surface area (Å²) < 4.78 is 1.58. The van der Waals surface area contributed by atoms with E-state index in [0.717, 1.165) is 8.95 Å². The summed E-state index contributed by atoms with van der Waals surface area (Å²) in [6, 6.07) is 8.80. The molecule has 0 aliphatic heterocycles. The van der Waals surface area contributed by atoms with Crippen LogP contribution in [0.3, 0.4) is 0 Å². The predicted molar refractivity (Wildman–Crippen MR) is 64.1 cm³/mol. The van der Waals surface area contributed by atoms with Crippen LogP contribution in [0.25, 0.3) is 0 Å². The first-order valence-corrected chi connectivity index (χ1v) is 5.35. The average Bonchev–Trinajstić information content (AvgIpc) is 2.23. The molecule has 0 amide bonds. The fourth-order valence-corrected chi connectivity index (χ4v) is 1.97. The zero-order valence-electron chi connectivity index (χ0n) is 7.33. The summed E-state index contributed by atoms with van der Waals surface area (Å²) in [6.07, 6.45) is 0. The zero-order valence-corrected chi connectivity index (χ0v) is 10.5. The lowest BCUT2D eigenvalue weighted by atomic mass is 10.3. The van der Waals surface area contributed by atoms with Gasteiger partial charge in [-0.2, -0.15) is 15.6 Å². The van der Waals surface area contributed by atoms with Gasteiger partial charge in [0.25, 0.3) is 0 Å². The molecule has 4 nitrogen and oxygen atoms in total. The molecular formula is C9H4Br2N4. The van der Waals surface area contributed by atoms with Crippen LogP contribution in [-0.2, 0) is 0 Å². The van der Waals surface area contributed by atoms with Crippen LogP contribution < -0.4 is 5.43 Å². The average molecular weight is 328 g/mol. The molecule has 6 heteroatoms. The number of hydrogen-bond acceptors (Lipinski definition) is 4. The van der Waals surface area contributed by atoms with E-state index in [0.29, 0.717) is 5.69 Å². The van der Waals surface area contributed by atoms with Crippen molar-refractivity contribution >= 4 is 43.3 Å². The molecule has 0 saturated heterocycles. The summed E-state index contributed by atoms with van der Waals surface area (Å²) in [6.45, 7) is 0. The second-order valence-corrected chi connectivity index (χ2v) is 4.10. The van der Waals surface area contributed by atoms with E-state index in [9.17, 15) is 0 Å². The Morgan fingerprint density at radius 1 is 1.20 bits per heavy atom. The molecule has 15 heavy (non-hydrogen) atoms. The van der Waals surface area contributed by atoms with Gasteiger partial charge in [0.05, 0.1) is 5.69 Å². The van der Waals surface area contributed by atoms with Crippen molar-refractivity contribution in [2.45, 2.75) is 0 Å². The molecule has 0 heterocycles. The van der Waals surface area contributed by atoms with Gasteiger partial charge in [-0.25, -0.2) is 0 Å². The van der Waals surface area contributed by atoms with E-state index >= 15 is 0 Å². The highest BCUT2D eigenvalue weighted by Crippen LogP contribution is 2.30. The molecule has 0 aromatic heterocycles. The Bertz CT molecular complexity index is 446. The highest BCUT2D eigenvalue weighted by molar-refractivity contribution is 9.11. The van der Waals surface area contributed by atoms with Gasteiger partial charge in [-0.1, -0.05) is 6.07 Å². The van der Waals surface area contributed by atoms with Crippen molar-refractivity contribution in [2.24, 2.45) is 5.10 Å². The van der Waals surface area contributed by atoms with Crippen molar-refractivity contribution in [1.82, 2.24) is 0 Å². The quantitative estimate of drug-likeness (QED) is 0.670. The summed E-state index contributed by atoms with van der Waals surface area (Å²) in [5, 5.41) is 20.6. The number of para-hydroxylation sites is 1. The molecule has 1 N–H and O–H groups in total. The van der Waals surface area contributed by atoms with Crippen molar-refractivity contribution in [3.63, 3.8) is 0 Å². The smallest absolute Gasteiger partial charge is 0.237 e. The summed E-state index contributed by atoms with van der Waals surface area (Å²) in [5.74, 6) is 0. The number of nitrogens with one attached hydrogen (secondary N) is 1. The summed E-state index contributed by atoms with van der Waals surface area (Å²) >= 11 is 6.63. The molecule has 1 aromatic rings. The lowest BCUT2D eigenvalue weighted by molar-refractivity contribution is 1.32. The Kier molecular flexibility index (Phi) is 4.29. The minimum Gasteiger partial charge on any atom is -0.274 e. The SMILES string of the molecule is N#CC(C#N)=NNc1c(Br)cccc1Br. The Morgan fingerprint density at radius 2 is 1.73 bits per heavy atom. The van der Waals surface area contributed by atoms with Crippen LogP contribution in [0.1, 0.15) is 0 Å². The van der Waals surface area contributed by atoms with Crippen LogP contribution in [0.2, 0.25) is 0 Å². The molecule has 0 saturated carbocycles. The van der Waals surface area contributed by atoms with Crippen LogP contribution >= 0.6 is 31.9 Å². The van der Waals surface area contributed by atoms with Crippen LogP contribution in [-0.4, -0.2) is 5.71 Å². The van der Waals surface area contributed by atoms with Gasteiger partial charge in [0, 0.05) is 8.95 Å². The molecule has 1 rings (SSSR count). The van der Waals surface area contributed by atoms with E-state index < -0.39 is 0 Å².